The summed E-state index contributed by atoms with van der Waals surface area (Å²) in [6.07, 6.45) is 1.96. The summed E-state index contributed by atoms with van der Waals surface area (Å²) in [4.78, 5) is 19.3. The molecule has 112 valence electrons. The van der Waals surface area contributed by atoms with Crippen molar-refractivity contribution in [1.82, 2.24) is 15.3 Å². The van der Waals surface area contributed by atoms with Crippen LogP contribution < -0.4 is 10.1 Å². The van der Waals surface area contributed by atoms with Gasteiger partial charge in [-0.1, -0.05) is 24.3 Å². The van der Waals surface area contributed by atoms with Crippen LogP contribution in [0.2, 0.25) is 0 Å². The third-order valence-electron chi connectivity index (χ3n) is 3.52. The number of benzene rings is 2. The molecule has 0 fully saturated rings. The minimum Gasteiger partial charge on any atom is -0.496 e. The van der Waals surface area contributed by atoms with E-state index in [4.69, 9.17) is 4.74 Å². The number of amides is 1. The zero-order valence-corrected chi connectivity index (χ0v) is 12.3. The molecule has 2 aromatic carbocycles. The van der Waals surface area contributed by atoms with Gasteiger partial charge in [0, 0.05) is 12.1 Å². The molecule has 22 heavy (non-hydrogen) atoms. The summed E-state index contributed by atoms with van der Waals surface area (Å²) >= 11 is 0. The van der Waals surface area contributed by atoms with Crippen LogP contribution in [0.3, 0.4) is 0 Å². The van der Waals surface area contributed by atoms with E-state index in [1.54, 1.807) is 13.4 Å². The molecule has 3 rings (SSSR count). The molecule has 1 amide bonds. The lowest BCUT2D eigenvalue weighted by Gasteiger charge is -2.09. The number of nitrogens with one attached hydrogen (secondary N) is 2. The molecule has 0 aliphatic rings. The third-order valence-corrected chi connectivity index (χ3v) is 3.52. The molecule has 3 aromatic rings. The number of nitrogens with zero attached hydrogens (tertiary/aromatic N) is 1. The number of hydrogen-bond acceptors (Lipinski definition) is 3. The van der Waals surface area contributed by atoms with Crippen molar-refractivity contribution in [3.8, 4) is 5.75 Å². The Morgan fingerprint density at radius 2 is 2.14 bits per heavy atom. The van der Waals surface area contributed by atoms with Crippen LogP contribution in [0.4, 0.5) is 0 Å². The topological polar surface area (TPSA) is 67.0 Å². The quantitative estimate of drug-likeness (QED) is 0.759. The predicted molar refractivity (Wildman–Crippen MR) is 84.6 cm³/mol. The Hall–Kier alpha value is -2.82. The highest BCUT2D eigenvalue weighted by molar-refractivity contribution is 5.79. The molecule has 0 saturated carbocycles. The fourth-order valence-electron chi connectivity index (χ4n) is 2.38. The summed E-state index contributed by atoms with van der Waals surface area (Å²) in [5.74, 6) is 0.700. The lowest BCUT2D eigenvalue weighted by atomic mass is 10.1. The Labute approximate surface area is 128 Å². The lowest BCUT2D eigenvalue weighted by molar-refractivity contribution is -0.120. The molecule has 1 aromatic heterocycles. The van der Waals surface area contributed by atoms with Crippen LogP contribution in [0.15, 0.2) is 48.8 Å². The van der Waals surface area contributed by atoms with Gasteiger partial charge >= 0.3 is 0 Å². The SMILES string of the molecule is COc1ccccc1CC(=O)NCc1ccc2nc[nH]c2c1. The van der Waals surface area contributed by atoms with Crippen molar-refractivity contribution in [2.24, 2.45) is 0 Å². The van der Waals surface area contributed by atoms with E-state index in [-0.39, 0.29) is 5.91 Å². The lowest BCUT2D eigenvalue weighted by Crippen LogP contribution is -2.24. The van der Waals surface area contributed by atoms with Gasteiger partial charge in [-0.3, -0.25) is 4.79 Å². The monoisotopic (exact) mass is 295 g/mol. The maximum atomic E-state index is 12.1. The van der Waals surface area contributed by atoms with Crippen LogP contribution in [0.5, 0.6) is 5.75 Å². The van der Waals surface area contributed by atoms with E-state index < -0.39 is 0 Å². The maximum absolute atomic E-state index is 12.1. The van der Waals surface area contributed by atoms with Gasteiger partial charge in [-0.05, 0) is 23.8 Å². The summed E-state index contributed by atoms with van der Waals surface area (Å²) in [5.41, 5.74) is 3.80. The Bertz CT molecular complexity index is 795. The van der Waals surface area contributed by atoms with Gasteiger partial charge in [-0.15, -0.1) is 0 Å². The van der Waals surface area contributed by atoms with Crippen molar-refractivity contribution in [3.63, 3.8) is 0 Å². The normalized spacial score (nSPS) is 10.6. The highest BCUT2D eigenvalue weighted by atomic mass is 16.5. The number of rotatable bonds is 5. The van der Waals surface area contributed by atoms with Crippen molar-refractivity contribution in [2.75, 3.05) is 7.11 Å². The fraction of sp³-hybridized carbons (Fsp3) is 0.176. The molecular weight excluding hydrogens is 278 g/mol. The van der Waals surface area contributed by atoms with E-state index in [0.717, 1.165) is 27.9 Å². The van der Waals surface area contributed by atoms with Gasteiger partial charge in [-0.25, -0.2) is 4.98 Å². The fourth-order valence-corrected chi connectivity index (χ4v) is 2.38. The average Bonchev–Trinajstić information content (AvgIpc) is 3.01. The van der Waals surface area contributed by atoms with Gasteiger partial charge in [0.1, 0.15) is 5.75 Å². The second-order valence-electron chi connectivity index (χ2n) is 5.02. The molecule has 0 radical (unpaired) electrons. The highest BCUT2D eigenvalue weighted by Crippen LogP contribution is 2.17. The summed E-state index contributed by atoms with van der Waals surface area (Å²) < 4.78 is 5.26. The average molecular weight is 295 g/mol. The van der Waals surface area contributed by atoms with Crippen molar-refractivity contribution < 1.29 is 9.53 Å². The molecule has 0 unspecified atom stereocenters. The van der Waals surface area contributed by atoms with Crippen molar-refractivity contribution in [1.29, 1.82) is 0 Å². The van der Waals surface area contributed by atoms with E-state index in [0.29, 0.717) is 13.0 Å². The number of fused-ring (bicyclic) bond motifs is 1. The summed E-state index contributed by atoms with van der Waals surface area (Å²) in [7, 11) is 1.61. The number of para-hydroxylation sites is 1. The van der Waals surface area contributed by atoms with Crippen molar-refractivity contribution >= 4 is 16.9 Å². The number of aromatic amines is 1. The summed E-state index contributed by atoms with van der Waals surface area (Å²) in [5, 5.41) is 2.93. The van der Waals surface area contributed by atoms with Gasteiger partial charge in [-0.2, -0.15) is 0 Å². The number of aromatic nitrogens is 2. The smallest absolute Gasteiger partial charge is 0.224 e. The first-order valence-corrected chi connectivity index (χ1v) is 7.07. The molecule has 5 heteroatoms. The van der Waals surface area contributed by atoms with Crippen molar-refractivity contribution in [2.45, 2.75) is 13.0 Å². The Kier molecular flexibility index (Phi) is 4.05. The van der Waals surface area contributed by atoms with E-state index in [9.17, 15) is 4.79 Å². The number of carbonyl (C=O) groups excluding carboxylic acids is 1. The first-order chi connectivity index (χ1) is 10.8. The standard InChI is InChI=1S/C17H17N3O2/c1-22-16-5-3-2-4-13(16)9-17(21)18-10-12-6-7-14-15(8-12)20-11-19-14/h2-8,11H,9-10H2,1H3,(H,18,21)(H,19,20). The molecule has 2 N–H and O–H groups in total. The number of carbonyl (C=O) groups is 1. The van der Waals surface area contributed by atoms with E-state index in [1.807, 2.05) is 42.5 Å². The minimum absolute atomic E-state index is 0.0331. The van der Waals surface area contributed by atoms with E-state index in [1.165, 1.54) is 0 Å². The molecule has 0 saturated heterocycles. The molecule has 0 aliphatic carbocycles. The number of ether oxygens (including phenoxy) is 1. The van der Waals surface area contributed by atoms with Crippen molar-refractivity contribution in [3.05, 3.63) is 59.9 Å². The summed E-state index contributed by atoms with van der Waals surface area (Å²) in [6, 6.07) is 13.4. The second-order valence-corrected chi connectivity index (χ2v) is 5.02. The van der Waals surface area contributed by atoms with Crippen LogP contribution >= 0.6 is 0 Å². The number of H-pyrrole nitrogens is 1. The van der Waals surface area contributed by atoms with Crippen LogP contribution in [-0.2, 0) is 17.8 Å². The Balaban J connectivity index is 1.62. The van der Waals surface area contributed by atoms with Gasteiger partial charge < -0.3 is 15.0 Å². The molecule has 0 atom stereocenters. The van der Waals surface area contributed by atoms with E-state index >= 15 is 0 Å². The van der Waals surface area contributed by atoms with Gasteiger partial charge in [0.2, 0.25) is 5.91 Å². The molecule has 1 heterocycles. The number of imidazole rings is 1. The van der Waals surface area contributed by atoms with Crippen LogP contribution in [0.25, 0.3) is 11.0 Å². The van der Waals surface area contributed by atoms with Gasteiger partial charge in [0.25, 0.3) is 0 Å². The third kappa shape index (κ3) is 3.09. The number of methoxy groups -OCH3 is 1. The maximum Gasteiger partial charge on any atom is 0.224 e. The zero-order chi connectivity index (χ0) is 15.4. The molecule has 0 bridgehead atoms. The summed E-state index contributed by atoms with van der Waals surface area (Å²) in [6.45, 7) is 0.489. The molecule has 0 aliphatic heterocycles. The number of hydrogen-bond donors (Lipinski definition) is 2. The molecule has 5 nitrogen and oxygen atoms in total. The molecular formula is C17H17N3O2. The predicted octanol–water partition coefficient (Wildman–Crippen LogP) is 2.43. The highest BCUT2D eigenvalue weighted by Gasteiger charge is 2.08. The first kappa shape index (κ1) is 14.1. The zero-order valence-electron chi connectivity index (χ0n) is 12.3. The Morgan fingerprint density at radius 3 is 3.00 bits per heavy atom. The largest absolute Gasteiger partial charge is 0.496 e. The van der Waals surface area contributed by atoms with Crippen LogP contribution in [-0.4, -0.2) is 23.0 Å². The van der Waals surface area contributed by atoms with E-state index in [2.05, 4.69) is 15.3 Å². The minimum atomic E-state index is -0.0331. The second kappa shape index (κ2) is 6.30. The molecule has 0 spiro atoms. The first-order valence-electron chi connectivity index (χ1n) is 7.07. The van der Waals surface area contributed by atoms with Gasteiger partial charge in [0.05, 0.1) is 30.9 Å². The van der Waals surface area contributed by atoms with Crippen LogP contribution in [0.1, 0.15) is 11.1 Å². The van der Waals surface area contributed by atoms with Crippen LogP contribution in [0, 0.1) is 0 Å². The Morgan fingerprint density at radius 1 is 1.27 bits per heavy atom. The van der Waals surface area contributed by atoms with Gasteiger partial charge in [0.15, 0.2) is 0 Å².